The summed E-state index contributed by atoms with van der Waals surface area (Å²) in [6, 6.07) is 23.7. The molecule has 140 valence electrons. The van der Waals surface area contributed by atoms with Crippen molar-refractivity contribution in [2.75, 3.05) is 5.32 Å². The Morgan fingerprint density at radius 3 is 2.43 bits per heavy atom. The Balaban J connectivity index is 1.56. The molecule has 0 fully saturated rings. The highest BCUT2D eigenvalue weighted by atomic mass is 35.5. The van der Waals surface area contributed by atoms with Crippen molar-refractivity contribution in [3.05, 3.63) is 94.0 Å². The summed E-state index contributed by atoms with van der Waals surface area (Å²) in [4.78, 5) is 9.45. The fourth-order valence-electron chi connectivity index (χ4n) is 2.82. The van der Waals surface area contributed by atoms with Crippen LogP contribution >= 0.6 is 35.0 Å². The minimum absolute atomic E-state index is 0.663. The lowest BCUT2D eigenvalue weighted by Crippen LogP contribution is -2.04. The van der Waals surface area contributed by atoms with E-state index in [1.54, 1.807) is 11.8 Å². The maximum absolute atomic E-state index is 6.08. The van der Waals surface area contributed by atoms with E-state index in [1.807, 2.05) is 66.7 Å². The Morgan fingerprint density at radius 1 is 0.786 bits per heavy atom. The molecule has 1 N–H and O–H groups in total. The van der Waals surface area contributed by atoms with Crippen molar-refractivity contribution in [1.82, 2.24) is 9.97 Å². The molecule has 1 aromatic heterocycles. The van der Waals surface area contributed by atoms with Gasteiger partial charge in [-0.05, 0) is 47.5 Å². The largest absolute Gasteiger partial charge is 0.365 e. The van der Waals surface area contributed by atoms with E-state index in [0.717, 1.165) is 48.8 Å². The van der Waals surface area contributed by atoms with E-state index in [0.29, 0.717) is 6.54 Å². The summed E-state index contributed by atoms with van der Waals surface area (Å²) < 4.78 is 0. The number of nitrogens with one attached hydrogen (secondary N) is 1. The van der Waals surface area contributed by atoms with E-state index >= 15 is 0 Å². The average molecular weight is 426 g/mol. The highest BCUT2D eigenvalue weighted by Crippen LogP contribution is 2.27. The number of benzene rings is 3. The second kappa shape index (κ2) is 8.82. The van der Waals surface area contributed by atoms with Crippen molar-refractivity contribution in [2.24, 2.45) is 0 Å². The third kappa shape index (κ3) is 4.76. The van der Waals surface area contributed by atoms with Gasteiger partial charge in [0.2, 0.25) is 0 Å². The fraction of sp³-hybridized carbons (Fsp3) is 0.0909. The number of nitrogens with zero attached hydrogens (tertiary/aromatic N) is 2. The molecular formula is C22H17Cl2N3S. The molecule has 0 bridgehead atoms. The summed E-state index contributed by atoms with van der Waals surface area (Å²) in [5.41, 5.74) is 3.20. The van der Waals surface area contributed by atoms with Gasteiger partial charge in [-0.15, -0.1) is 0 Å². The Hall–Kier alpha value is -2.27. The van der Waals surface area contributed by atoms with Gasteiger partial charge in [0.1, 0.15) is 5.82 Å². The summed E-state index contributed by atoms with van der Waals surface area (Å²) in [7, 11) is 0. The normalized spacial score (nSPS) is 10.9. The van der Waals surface area contributed by atoms with Gasteiger partial charge in [0.15, 0.2) is 5.16 Å². The van der Waals surface area contributed by atoms with E-state index in [-0.39, 0.29) is 0 Å². The van der Waals surface area contributed by atoms with Crippen molar-refractivity contribution in [2.45, 2.75) is 17.5 Å². The SMILES string of the molecule is Clc1ccc(CNc2nc(SCc3cccc(Cl)c3)nc3ccccc23)cc1. The van der Waals surface area contributed by atoms with Crippen LogP contribution in [-0.4, -0.2) is 9.97 Å². The molecule has 0 saturated carbocycles. The topological polar surface area (TPSA) is 37.8 Å². The molecule has 1 heterocycles. The number of anilines is 1. The van der Waals surface area contributed by atoms with Crippen LogP contribution in [-0.2, 0) is 12.3 Å². The van der Waals surface area contributed by atoms with Crippen LogP contribution in [0.1, 0.15) is 11.1 Å². The highest BCUT2D eigenvalue weighted by Gasteiger charge is 2.09. The van der Waals surface area contributed by atoms with Gasteiger partial charge >= 0.3 is 0 Å². The quantitative estimate of drug-likeness (QED) is 0.271. The zero-order chi connectivity index (χ0) is 19.3. The van der Waals surface area contributed by atoms with Gasteiger partial charge in [-0.2, -0.15) is 0 Å². The first kappa shape index (κ1) is 19.1. The third-order valence-electron chi connectivity index (χ3n) is 4.21. The van der Waals surface area contributed by atoms with Gasteiger partial charge in [-0.3, -0.25) is 0 Å². The molecular weight excluding hydrogens is 409 g/mol. The molecule has 0 atom stereocenters. The van der Waals surface area contributed by atoms with E-state index in [4.69, 9.17) is 33.2 Å². The molecule has 3 nitrogen and oxygen atoms in total. The van der Waals surface area contributed by atoms with Crippen LogP contribution in [0.2, 0.25) is 10.0 Å². The van der Waals surface area contributed by atoms with Gasteiger partial charge in [0.25, 0.3) is 0 Å². The lowest BCUT2D eigenvalue weighted by molar-refractivity contribution is 0.984. The van der Waals surface area contributed by atoms with Crippen LogP contribution in [0.4, 0.5) is 5.82 Å². The van der Waals surface area contributed by atoms with E-state index in [2.05, 4.69) is 11.4 Å². The van der Waals surface area contributed by atoms with Crippen molar-refractivity contribution < 1.29 is 0 Å². The molecule has 4 aromatic rings. The third-order valence-corrected chi connectivity index (χ3v) is 5.62. The molecule has 3 aromatic carbocycles. The summed E-state index contributed by atoms with van der Waals surface area (Å²) in [5.74, 6) is 1.59. The first-order chi connectivity index (χ1) is 13.7. The minimum Gasteiger partial charge on any atom is -0.365 e. The van der Waals surface area contributed by atoms with Gasteiger partial charge in [0, 0.05) is 27.7 Å². The molecule has 28 heavy (non-hydrogen) atoms. The Labute approximate surface area is 178 Å². The number of rotatable bonds is 6. The smallest absolute Gasteiger partial charge is 0.190 e. The molecule has 0 spiro atoms. The lowest BCUT2D eigenvalue weighted by Gasteiger charge is -2.11. The number of para-hydroxylation sites is 1. The maximum atomic E-state index is 6.08. The Bertz CT molecular complexity index is 1100. The molecule has 0 radical (unpaired) electrons. The monoisotopic (exact) mass is 425 g/mol. The predicted molar refractivity (Wildman–Crippen MR) is 119 cm³/mol. The van der Waals surface area contributed by atoms with Crippen LogP contribution in [0.3, 0.4) is 0 Å². The summed E-state index contributed by atoms with van der Waals surface area (Å²) in [6.45, 7) is 0.663. The van der Waals surface area contributed by atoms with Gasteiger partial charge in [0.05, 0.1) is 5.52 Å². The second-order valence-electron chi connectivity index (χ2n) is 6.27. The number of aromatic nitrogens is 2. The van der Waals surface area contributed by atoms with Gasteiger partial charge in [-0.25, -0.2) is 9.97 Å². The second-order valence-corrected chi connectivity index (χ2v) is 8.09. The first-order valence-corrected chi connectivity index (χ1v) is 10.5. The summed E-state index contributed by atoms with van der Waals surface area (Å²) >= 11 is 13.6. The van der Waals surface area contributed by atoms with Crippen LogP contribution in [0, 0.1) is 0 Å². The van der Waals surface area contributed by atoms with Crippen LogP contribution in [0.25, 0.3) is 10.9 Å². The van der Waals surface area contributed by atoms with Crippen molar-refractivity contribution >= 4 is 51.7 Å². The maximum Gasteiger partial charge on any atom is 0.190 e. The number of hydrogen-bond donors (Lipinski definition) is 1. The number of hydrogen-bond acceptors (Lipinski definition) is 4. The molecule has 0 aliphatic rings. The van der Waals surface area contributed by atoms with Crippen molar-refractivity contribution in [3.8, 4) is 0 Å². The summed E-state index contributed by atoms with van der Waals surface area (Å²) in [5, 5.41) is 6.65. The van der Waals surface area contributed by atoms with Crippen molar-refractivity contribution in [1.29, 1.82) is 0 Å². The average Bonchev–Trinajstić information content (AvgIpc) is 2.72. The zero-order valence-electron chi connectivity index (χ0n) is 14.9. The zero-order valence-corrected chi connectivity index (χ0v) is 17.2. The van der Waals surface area contributed by atoms with Crippen LogP contribution in [0.15, 0.2) is 78.0 Å². The van der Waals surface area contributed by atoms with Gasteiger partial charge < -0.3 is 5.32 Å². The van der Waals surface area contributed by atoms with Gasteiger partial charge in [-0.1, -0.05) is 71.4 Å². The van der Waals surface area contributed by atoms with E-state index in [1.165, 1.54) is 0 Å². The number of fused-ring (bicyclic) bond motifs is 1. The molecule has 6 heteroatoms. The van der Waals surface area contributed by atoms with Crippen molar-refractivity contribution in [3.63, 3.8) is 0 Å². The molecule has 0 unspecified atom stereocenters. The molecule has 4 rings (SSSR count). The predicted octanol–water partition coefficient (Wildman–Crippen LogP) is 6.84. The highest BCUT2D eigenvalue weighted by molar-refractivity contribution is 7.98. The van der Waals surface area contributed by atoms with E-state index < -0.39 is 0 Å². The molecule has 0 aliphatic carbocycles. The first-order valence-electron chi connectivity index (χ1n) is 8.80. The molecule has 0 amide bonds. The number of thioether (sulfide) groups is 1. The summed E-state index contributed by atoms with van der Waals surface area (Å²) in [6.07, 6.45) is 0. The molecule has 0 saturated heterocycles. The van der Waals surface area contributed by atoms with Crippen LogP contribution in [0.5, 0.6) is 0 Å². The standard InChI is InChI=1S/C22H17Cl2N3S/c23-17-10-8-15(9-11-17)13-25-21-19-6-1-2-7-20(19)26-22(27-21)28-14-16-4-3-5-18(24)12-16/h1-12H,13-14H2,(H,25,26,27). The Morgan fingerprint density at radius 2 is 1.61 bits per heavy atom. The lowest BCUT2D eigenvalue weighted by atomic mass is 10.2. The van der Waals surface area contributed by atoms with Crippen LogP contribution < -0.4 is 5.32 Å². The Kier molecular flexibility index (Phi) is 6.01. The number of halogens is 2. The fourth-order valence-corrected chi connectivity index (χ4v) is 3.95. The van der Waals surface area contributed by atoms with E-state index in [9.17, 15) is 0 Å². The minimum atomic E-state index is 0.663. The molecule has 0 aliphatic heterocycles.